The molecule has 2 rings (SSSR count). The quantitative estimate of drug-likeness (QED) is 0.718. The summed E-state index contributed by atoms with van der Waals surface area (Å²) in [6.45, 7) is 0.558. The Hall–Kier alpha value is -2.98. The molecular weight excluding hydrogens is 406 g/mol. The topological polar surface area (TPSA) is 117 Å². The first-order valence-electron chi connectivity index (χ1n) is 7.48. The number of sulfonamides is 1. The second-order valence-corrected chi connectivity index (χ2v) is 7.33. The molecule has 28 heavy (non-hydrogen) atoms. The number of hydrogen-bond acceptors (Lipinski definition) is 5. The van der Waals surface area contributed by atoms with Crippen molar-refractivity contribution in [1.29, 1.82) is 5.26 Å². The lowest BCUT2D eigenvalue weighted by Crippen LogP contribution is -2.43. The van der Waals surface area contributed by atoms with Crippen molar-refractivity contribution in [3.63, 3.8) is 0 Å². The summed E-state index contributed by atoms with van der Waals surface area (Å²) in [5.74, 6) is -2.59. The van der Waals surface area contributed by atoms with E-state index in [1.165, 1.54) is 23.1 Å². The molecule has 0 radical (unpaired) electrons. The third-order valence-corrected chi connectivity index (χ3v) is 5.08. The van der Waals surface area contributed by atoms with Gasteiger partial charge in [0.25, 0.3) is 5.91 Å². The fourth-order valence-corrected chi connectivity index (χ4v) is 3.49. The standard InChI is InChI=1S/C15H13F4N5O3S/c1-8(15(17,18)19)23-28(26,27)11-7-24(2)13(12(11)16)14(25)22-9-3-4-21-10(5-9)6-20/h3-5,7-8,23H,1-2H3,(H,21,22,25)/t8-/m0/s1. The van der Waals surface area contributed by atoms with Crippen LogP contribution in [0.2, 0.25) is 0 Å². The Morgan fingerprint density at radius 2 is 2.04 bits per heavy atom. The van der Waals surface area contributed by atoms with E-state index in [4.69, 9.17) is 5.26 Å². The molecular formula is C15H13F4N5O3S. The third kappa shape index (κ3) is 4.46. The summed E-state index contributed by atoms with van der Waals surface area (Å²) in [7, 11) is -3.74. The van der Waals surface area contributed by atoms with Crippen molar-refractivity contribution in [3.05, 3.63) is 41.7 Å². The first kappa shape index (κ1) is 21.3. The molecule has 0 aliphatic carbocycles. The van der Waals surface area contributed by atoms with E-state index in [9.17, 15) is 30.8 Å². The minimum atomic E-state index is -4.89. The van der Waals surface area contributed by atoms with Crippen molar-refractivity contribution in [2.45, 2.75) is 24.0 Å². The van der Waals surface area contributed by atoms with Crippen LogP contribution in [0.15, 0.2) is 29.4 Å². The SMILES string of the molecule is C[C@H](NS(=O)(=O)c1cn(C)c(C(=O)Nc2ccnc(C#N)c2)c1F)C(F)(F)F. The highest BCUT2D eigenvalue weighted by atomic mass is 32.2. The van der Waals surface area contributed by atoms with Crippen LogP contribution in [0.3, 0.4) is 0 Å². The highest BCUT2D eigenvalue weighted by molar-refractivity contribution is 7.89. The molecule has 2 aromatic heterocycles. The summed E-state index contributed by atoms with van der Waals surface area (Å²) in [5, 5.41) is 11.0. The van der Waals surface area contributed by atoms with Crippen LogP contribution < -0.4 is 10.0 Å². The van der Waals surface area contributed by atoms with Crippen LogP contribution in [-0.2, 0) is 17.1 Å². The van der Waals surface area contributed by atoms with Crippen LogP contribution in [-0.4, -0.2) is 36.1 Å². The highest BCUT2D eigenvalue weighted by Gasteiger charge is 2.40. The van der Waals surface area contributed by atoms with Crippen molar-refractivity contribution in [2.75, 3.05) is 5.32 Å². The fraction of sp³-hybridized carbons (Fsp3) is 0.267. The zero-order valence-corrected chi connectivity index (χ0v) is 15.2. The molecule has 2 heterocycles. The number of rotatable bonds is 5. The average Bonchev–Trinajstić information content (AvgIpc) is 2.89. The van der Waals surface area contributed by atoms with Crippen LogP contribution in [0, 0.1) is 17.1 Å². The largest absolute Gasteiger partial charge is 0.404 e. The number of carbonyl (C=O) groups excluding carboxylic acids is 1. The smallest absolute Gasteiger partial charge is 0.343 e. The van der Waals surface area contributed by atoms with E-state index in [0.717, 1.165) is 11.6 Å². The summed E-state index contributed by atoms with van der Waals surface area (Å²) in [5.41, 5.74) is -0.667. The van der Waals surface area contributed by atoms with Gasteiger partial charge in [-0.2, -0.15) is 23.2 Å². The number of nitrogens with one attached hydrogen (secondary N) is 2. The van der Waals surface area contributed by atoms with Gasteiger partial charge in [0.2, 0.25) is 10.0 Å². The number of alkyl halides is 3. The van der Waals surface area contributed by atoms with Crippen LogP contribution in [0.4, 0.5) is 23.2 Å². The molecule has 8 nitrogen and oxygen atoms in total. The molecule has 0 unspecified atom stereocenters. The second kappa shape index (κ2) is 7.56. The number of aryl methyl sites for hydroxylation is 1. The van der Waals surface area contributed by atoms with E-state index in [1.807, 2.05) is 0 Å². The Morgan fingerprint density at radius 3 is 2.61 bits per heavy atom. The minimum Gasteiger partial charge on any atom is -0.343 e. The molecule has 1 amide bonds. The van der Waals surface area contributed by atoms with Gasteiger partial charge in [0.05, 0.1) is 0 Å². The number of halogens is 4. The van der Waals surface area contributed by atoms with Crippen LogP contribution >= 0.6 is 0 Å². The van der Waals surface area contributed by atoms with E-state index in [0.29, 0.717) is 13.1 Å². The molecule has 2 N–H and O–H groups in total. The van der Waals surface area contributed by atoms with Gasteiger partial charge in [0.1, 0.15) is 28.4 Å². The first-order chi connectivity index (χ1) is 12.9. The average molecular weight is 419 g/mol. The molecule has 0 saturated heterocycles. The van der Waals surface area contributed by atoms with Crippen molar-refractivity contribution in [1.82, 2.24) is 14.3 Å². The van der Waals surface area contributed by atoms with Crippen LogP contribution in [0.1, 0.15) is 23.1 Å². The number of pyridine rings is 1. The lowest BCUT2D eigenvalue weighted by Gasteiger charge is -2.16. The summed E-state index contributed by atoms with van der Waals surface area (Å²) < 4.78 is 78.7. The van der Waals surface area contributed by atoms with E-state index < -0.39 is 44.6 Å². The predicted molar refractivity (Wildman–Crippen MR) is 88.1 cm³/mol. The predicted octanol–water partition coefficient (Wildman–Crippen LogP) is 1.91. The Labute approximate surface area is 156 Å². The van der Waals surface area contributed by atoms with Gasteiger partial charge in [0.15, 0.2) is 5.82 Å². The van der Waals surface area contributed by atoms with Gasteiger partial charge in [0, 0.05) is 25.1 Å². The molecule has 2 aromatic rings. The van der Waals surface area contributed by atoms with Gasteiger partial charge in [-0.25, -0.2) is 17.8 Å². The van der Waals surface area contributed by atoms with Crippen molar-refractivity contribution in [2.24, 2.45) is 7.05 Å². The number of anilines is 1. The zero-order valence-electron chi connectivity index (χ0n) is 14.4. The number of aromatic nitrogens is 2. The number of amides is 1. The van der Waals surface area contributed by atoms with E-state index in [1.54, 1.807) is 6.07 Å². The molecule has 13 heteroatoms. The maximum atomic E-state index is 14.6. The third-order valence-electron chi connectivity index (χ3n) is 3.55. The normalized spacial score (nSPS) is 13.0. The summed E-state index contributed by atoms with van der Waals surface area (Å²) >= 11 is 0. The number of nitrogens with zero attached hydrogens (tertiary/aromatic N) is 3. The lowest BCUT2D eigenvalue weighted by atomic mass is 10.3. The Kier molecular flexibility index (Phi) is 5.76. The molecule has 0 bridgehead atoms. The van der Waals surface area contributed by atoms with Gasteiger partial charge < -0.3 is 9.88 Å². The van der Waals surface area contributed by atoms with Crippen molar-refractivity contribution in [3.8, 4) is 6.07 Å². The number of hydrogen-bond donors (Lipinski definition) is 2. The molecule has 0 aliphatic heterocycles. The lowest BCUT2D eigenvalue weighted by molar-refractivity contribution is -0.147. The molecule has 0 aliphatic rings. The van der Waals surface area contributed by atoms with E-state index >= 15 is 0 Å². The summed E-state index contributed by atoms with van der Waals surface area (Å²) in [4.78, 5) is 14.9. The van der Waals surface area contributed by atoms with Crippen LogP contribution in [0.5, 0.6) is 0 Å². The van der Waals surface area contributed by atoms with Crippen molar-refractivity contribution >= 4 is 21.6 Å². The summed E-state index contributed by atoms with van der Waals surface area (Å²) in [6.07, 6.45) is -2.98. The van der Waals surface area contributed by atoms with E-state index in [-0.39, 0.29) is 11.4 Å². The molecule has 150 valence electrons. The maximum Gasteiger partial charge on any atom is 0.404 e. The molecule has 0 fully saturated rings. The molecule has 1 atom stereocenters. The summed E-state index contributed by atoms with van der Waals surface area (Å²) in [6, 6.07) is 1.78. The monoisotopic (exact) mass is 419 g/mol. The zero-order chi connectivity index (χ0) is 21.3. The first-order valence-corrected chi connectivity index (χ1v) is 8.96. The number of carbonyl (C=O) groups is 1. The molecule has 0 spiro atoms. The van der Waals surface area contributed by atoms with E-state index in [2.05, 4.69) is 10.3 Å². The maximum absolute atomic E-state index is 14.6. The van der Waals surface area contributed by atoms with Crippen molar-refractivity contribution < 1.29 is 30.8 Å². The van der Waals surface area contributed by atoms with Gasteiger partial charge in [-0.1, -0.05) is 0 Å². The van der Waals surface area contributed by atoms with Crippen LogP contribution in [0.25, 0.3) is 0 Å². The minimum absolute atomic E-state index is 0.0289. The van der Waals surface area contributed by atoms with Gasteiger partial charge in [-0.3, -0.25) is 4.79 Å². The van der Waals surface area contributed by atoms with Gasteiger partial charge in [-0.15, -0.1) is 0 Å². The molecule has 0 aromatic carbocycles. The second-order valence-electron chi connectivity index (χ2n) is 5.65. The molecule has 0 saturated carbocycles. The van der Waals surface area contributed by atoms with Gasteiger partial charge in [-0.05, 0) is 19.1 Å². The Bertz CT molecular complexity index is 1060. The Morgan fingerprint density at radius 1 is 1.39 bits per heavy atom. The fourth-order valence-electron chi connectivity index (χ4n) is 2.14. The number of nitriles is 1. The highest BCUT2D eigenvalue weighted by Crippen LogP contribution is 2.25. The van der Waals surface area contributed by atoms with Gasteiger partial charge >= 0.3 is 6.18 Å². The Balaban J connectivity index is 2.35.